The summed E-state index contributed by atoms with van der Waals surface area (Å²) in [6.07, 6.45) is 0. The van der Waals surface area contributed by atoms with Crippen molar-refractivity contribution in [3.63, 3.8) is 0 Å². The lowest BCUT2D eigenvalue weighted by Crippen LogP contribution is -1.88. The summed E-state index contributed by atoms with van der Waals surface area (Å²) in [5, 5.41) is 2.08. The average molecular weight is 209 g/mol. The molecule has 0 aliphatic rings. The van der Waals surface area contributed by atoms with E-state index in [2.05, 4.69) is 11.1 Å². The van der Waals surface area contributed by atoms with Gasteiger partial charge in [-0.1, -0.05) is 0 Å². The number of nitrogens with zero attached hydrogens (tertiary/aromatic N) is 1. The van der Waals surface area contributed by atoms with Gasteiger partial charge < -0.3 is 11.5 Å². The SMILES string of the molecule is Nc1ccc2nc3ccc(N)cc3cc2c1. The van der Waals surface area contributed by atoms with Gasteiger partial charge in [0.05, 0.1) is 11.0 Å². The van der Waals surface area contributed by atoms with Gasteiger partial charge in [0.2, 0.25) is 0 Å². The fourth-order valence-electron chi connectivity index (χ4n) is 1.88. The third-order valence-corrected chi connectivity index (χ3v) is 2.66. The van der Waals surface area contributed by atoms with E-state index in [4.69, 9.17) is 11.5 Å². The smallest absolute Gasteiger partial charge is 0.0711 e. The lowest BCUT2D eigenvalue weighted by molar-refractivity contribution is 1.50. The molecule has 0 radical (unpaired) electrons. The van der Waals surface area contributed by atoms with Gasteiger partial charge in [-0.3, -0.25) is 0 Å². The second-order valence-electron chi connectivity index (χ2n) is 3.89. The van der Waals surface area contributed by atoms with E-state index >= 15 is 0 Å². The Morgan fingerprint density at radius 3 is 1.69 bits per heavy atom. The van der Waals surface area contributed by atoms with Crippen molar-refractivity contribution in [1.29, 1.82) is 0 Å². The zero-order valence-electron chi connectivity index (χ0n) is 8.64. The lowest BCUT2D eigenvalue weighted by atomic mass is 10.1. The molecule has 0 aliphatic carbocycles. The molecule has 1 heterocycles. The molecule has 0 unspecified atom stereocenters. The summed E-state index contributed by atoms with van der Waals surface area (Å²) >= 11 is 0. The Morgan fingerprint density at radius 1 is 0.688 bits per heavy atom. The molecule has 0 atom stereocenters. The molecule has 0 bridgehead atoms. The maximum atomic E-state index is 5.75. The molecule has 3 rings (SSSR count). The van der Waals surface area contributed by atoms with Crippen LogP contribution in [-0.2, 0) is 0 Å². The minimum atomic E-state index is 0.748. The van der Waals surface area contributed by atoms with Crippen molar-refractivity contribution < 1.29 is 0 Å². The second kappa shape index (κ2) is 3.10. The predicted octanol–water partition coefficient (Wildman–Crippen LogP) is 2.55. The van der Waals surface area contributed by atoms with Crippen molar-refractivity contribution in [2.24, 2.45) is 0 Å². The van der Waals surface area contributed by atoms with Crippen LogP contribution in [0, 0.1) is 0 Å². The number of fused-ring (bicyclic) bond motifs is 2. The number of hydrogen-bond acceptors (Lipinski definition) is 3. The van der Waals surface area contributed by atoms with Crippen LogP contribution in [0.4, 0.5) is 11.4 Å². The van der Waals surface area contributed by atoms with Crippen molar-refractivity contribution in [3.8, 4) is 0 Å². The van der Waals surface area contributed by atoms with Crippen LogP contribution in [0.2, 0.25) is 0 Å². The molecule has 0 saturated heterocycles. The number of pyridine rings is 1. The van der Waals surface area contributed by atoms with Crippen molar-refractivity contribution in [1.82, 2.24) is 4.98 Å². The van der Waals surface area contributed by atoms with Crippen LogP contribution in [0.5, 0.6) is 0 Å². The molecule has 3 aromatic rings. The Morgan fingerprint density at radius 2 is 1.19 bits per heavy atom. The Bertz CT molecular complexity index is 632. The van der Waals surface area contributed by atoms with Gasteiger partial charge in [0.1, 0.15) is 0 Å². The minimum absolute atomic E-state index is 0.748. The van der Waals surface area contributed by atoms with Crippen molar-refractivity contribution in [3.05, 3.63) is 42.5 Å². The van der Waals surface area contributed by atoms with Gasteiger partial charge in [0, 0.05) is 22.1 Å². The Balaban J connectivity index is 2.44. The number of nitrogen functional groups attached to an aromatic ring is 2. The summed E-state index contributed by atoms with van der Waals surface area (Å²) < 4.78 is 0. The number of hydrogen-bond donors (Lipinski definition) is 2. The van der Waals surface area contributed by atoms with Gasteiger partial charge in [0.15, 0.2) is 0 Å². The molecule has 0 spiro atoms. The van der Waals surface area contributed by atoms with E-state index in [1.165, 1.54) is 0 Å². The molecular formula is C13H11N3. The summed E-state index contributed by atoms with van der Waals surface area (Å²) in [6.45, 7) is 0. The van der Waals surface area contributed by atoms with E-state index in [9.17, 15) is 0 Å². The summed E-state index contributed by atoms with van der Waals surface area (Å²) in [4.78, 5) is 4.55. The highest BCUT2D eigenvalue weighted by atomic mass is 14.7. The van der Waals surface area contributed by atoms with E-state index in [0.717, 1.165) is 33.2 Å². The summed E-state index contributed by atoms with van der Waals surface area (Å²) in [7, 11) is 0. The molecule has 3 heteroatoms. The Labute approximate surface area is 92.7 Å². The fraction of sp³-hybridized carbons (Fsp3) is 0. The van der Waals surface area contributed by atoms with E-state index in [-0.39, 0.29) is 0 Å². The standard InChI is InChI=1S/C13H11N3/c14-10-1-3-12-8(6-10)5-9-7-11(15)2-4-13(9)16-12/h1-7H,14-15H2. The van der Waals surface area contributed by atoms with E-state index < -0.39 is 0 Å². The van der Waals surface area contributed by atoms with Gasteiger partial charge in [-0.05, 0) is 42.5 Å². The molecule has 0 fully saturated rings. The Kier molecular flexibility index (Phi) is 1.74. The molecule has 0 amide bonds. The molecular weight excluding hydrogens is 198 g/mol. The van der Waals surface area contributed by atoms with Crippen LogP contribution in [0.3, 0.4) is 0 Å². The maximum Gasteiger partial charge on any atom is 0.0711 e. The van der Waals surface area contributed by atoms with Crippen molar-refractivity contribution in [2.45, 2.75) is 0 Å². The van der Waals surface area contributed by atoms with Crippen LogP contribution in [0.1, 0.15) is 0 Å². The first kappa shape index (κ1) is 8.97. The van der Waals surface area contributed by atoms with Crippen LogP contribution in [-0.4, -0.2) is 4.98 Å². The summed E-state index contributed by atoms with van der Waals surface area (Å²) in [5.74, 6) is 0. The molecule has 0 saturated carbocycles. The quantitative estimate of drug-likeness (QED) is 0.441. The number of anilines is 2. The van der Waals surface area contributed by atoms with E-state index in [1.54, 1.807) is 0 Å². The highest BCUT2D eigenvalue weighted by Gasteiger charge is 2.00. The molecule has 16 heavy (non-hydrogen) atoms. The monoisotopic (exact) mass is 209 g/mol. The number of benzene rings is 2. The second-order valence-corrected chi connectivity index (χ2v) is 3.89. The minimum Gasteiger partial charge on any atom is -0.399 e. The number of nitrogens with two attached hydrogens (primary N) is 2. The van der Waals surface area contributed by atoms with Gasteiger partial charge in [-0.15, -0.1) is 0 Å². The van der Waals surface area contributed by atoms with Crippen LogP contribution < -0.4 is 11.5 Å². The van der Waals surface area contributed by atoms with Crippen molar-refractivity contribution in [2.75, 3.05) is 11.5 Å². The number of rotatable bonds is 0. The Hall–Kier alpha value is -2.29. The highest BCUT2D eigenvalue weighted by molar-refractivity contribution is 5.94. The highest BCUT2D eigenvalue weighted by Crippen LogP contribution is 2.22. The first-order chi connectivity index (χ1) is 7.72. The third-order valence-electron chi connectivity index (χ3n) is 2.66. The van der Waals surface area contributed by atoms with Gasteiger partial charge in [0.25, 0.3) is 0 Å². The average Bonchev–Trinajstić information content (AvgIpc) is 2.26. The van der Waals surface area contributed by atoms with E-state index in [1.807, 2.05) is 36.4 Å². The first-order valence-corrected chi connectivity index (χ1v) is 5.08. The van der Waals surface area contributed by atoms with Gasteiger partial charge in [-0.25, -0.2) is 4.98 Å². The summed E-state index contributed by atoms with van der Waals surface area (Å²) in [5.41, 5.74) is 14.9. The number of aromatic nitrogens is 1. The van der Waals surface area contributed by atoms with Crippen LogP contribution >= 0.6 is 0 Å². The molecule has 3 nitrogen and oxygen atoms in total. The zero-order valence-corrected chi connectivity index (χ0v) is 8.64. The molecule has 78 valence electrons. The first-order valence-electron chi connectivity index (χ1n) is 5.08. The normalized spacial score (nSPS) is 11.0. The van der Waals surface area contributed by atoms with Crippen LogP contribution in [0.25, 0.3) is 21.8 Å². The van der Waals surface area contributed by atoms with Gasteiger partial charge >= 0.3 is 0 Å². The van der Waals surface area contributed by atoms with Crippen molar-refractivity contribution >= 4 is 33.2 Å². The summed E-state index contributed by atoms with van der Waals surface area (Å²) in [6, 6.07) is 13.5. The predicted molar refractivity (Wildman–Crippen MR) is 68.1 cm³/mol. The maximum absolute atomic E-state index is 5.75. The molecule has 4 N–H and O–H groups in total. The van der Waals surface area contributed by atoms with Crippen LogP contribution in [0.15, 0.2) is 42.5 Å². The topological polar surface area (TPSA) is 64.9 Å². The largest absolute Gasteiger partial charge is 0.399 e. The molecule has 1 aromatic heterocycles. The van der Waals surface area contributed by atoms with E-state index in [0.29, 0.717) is 0 Å². The molecule has 0 aliphatic heterocycles. The third kappa shape index (κ3) is 1.34. The lowest BCUT2D eigenvalue weighted by Gasteiger charge is -2.03. The molecule has 2 aromatic carbocycles. The van der Waals surface area contributed by atoms with Gasteiger partial charge in [-0.2, -0.15) is 0 Å². The fourth-order valence-corrected chi connectivity index (χ4v) is 1.88. The zero-order chi connectivity index (χ0) is 11.1.